The van der Waals surface area contributed by atoms with Crippen LogP contribution in [0.25, 0.3) is 0 Å². The van der Waals surface area contributed by atoms with E-state index >= 15 is 0 Å². The van der Waals surface area contributed by atoms with Crippen molar-refractivity contribution in [3.63, 3.8) is 0 Å². The molecule has 0 bridgehead atoms. The second kappa shape index (κ2) is 12.2. The fourth-order valence-electron chi connectivity index (χ4n) is 10.9. The molecule has 0 aromatic heterocycles. The van der Waals surface area contributed by atoms with Crippen molar-refractivity contribution < 1.29 is 31.6 Å². The van der Waals surface area contributed by atoms with Gasteiger partial charge in [0, 0.05) is 12.8 Å². The lowest BCUT2D eigenvalue weighted by Crippen LogP contribution is -2.48. The fourth-order valence-corrected chi connectivity index (χ4v) is 12.5. The zero-order valence-electron chi connectivity index (χ0n) is 27.4. The van der Waals surface area contributed by atoms with E-state index < -0.39 is 45.3 Å². The maximum absolute atomic E-state index is 14.0. The van der Waals surface area contributed by atoms with Crippen LogP contribution in [0.4, 0.5) is 8.78 Å². The molecule has 45 heavy (non-hydrogen) atoms. The highest BCUT2D eigenvalue weighted by molar-refractivity contribution is 7.87. The topological polar surface area (TPSA) is 83.8 Å². The number of allylic oxidation sites excluding steroid dienone is 1. The summed E-state index contributed by atoms with van der Waals surface area (Å²) in [6.07, 6.45) is 10.9. The number of aliphatic hydroxyl groups is 2. The zero-order chi connectivity index (χ0) is 32.3. The fraction of sp³-hybridized carbons (Fsp3) is 0.784. The van der Waals surface area contributed by atoms with Gasteiger partial charge < -0.3 is 14.4 Å². The molecule has 0 saturated heterocycles. The highest BCUT2D eigenvalue weighted by atomic mass is 32.2. The van der Waals surface area contributed by atoms with Gasteiger partial charge in [0.05, 0.1) is 11.2 Å². The third-order valence-electron chi connectivity index (χ3n) is 13.5. The average molecular weight is 649 g/mol. The molecule has 8 heteroatoms. The van der Waals surface area contributed by atoms with Gasteiger partial charge in [-0.1, -0.05) is 50.6 Å². The molecule has 0 heterocycles. The molecule has 0 amide bonds. The number of halogens is 2. The number of alkyl halides is 2. The predicted molar refractivity (Wildman–Crippen MR) is 172 cm³/mol. The average Bonchev–Trinajstić information content (AvgIpc) is 3.36. The Morgan fingerprint density at radius 2 is 1.64 bits per heavy atom. The Morgan fingerprint density at radius 3 is 2.33 bits per heavy atom. The zero-order valence-corrected chi connectivity index (χ0v) is 28.2. The van der Waals surface area contributed by atoms with Crippen molar-refractivity contribution in [2.45, 2.75) is 139 Å². The van der Waals surface area contributed by atoms with Crippen LogP contribution in [0.3, 0.4) is 0 Å². The van der Waals surface area contributed by atoms with E-state index in [0.29, 0.717) is 36.0 Å². The van der Waals surface area contributed by atoms with Gasteiger partial charge in [-0.05, 0) is 137 Å². The van der Waals surface area contributed by atoms with Crippen molar-refractivity contribution in [1.29, 1.82) is 0 Å². The number of rotatable bonds is 9. The van der Waals surface area contributed by atoms with Gasteiger partial charge in [-0.25, -0.2) is 8.78 Å². The van der Waals surface area contributed by atoms with Crippen LogP contribution in [0.1, 0.15) is 117 Å². The number of hydrogen-bond donors (Lipinski definition) is 2. The molecule has 0 aliphatic heterocycles. The second-order valence-corrected chi connectivity index (χ2v) is 17.9. The highest BCUT2D eigenvalue weighted by Gasteiger charge is 2.57. The van der Waals surface area contributed by atoms with E-state index in [4.69, 9.17) is 4.18 Å². The van der Waals surface area contributed by atoms with Gasteiger partial charge >= 0.3 is 10.1 Å². The number of hydrogen-bond acceptors (Lipinski definition) is 5. The molecule has 9 atom stereocenters. The SMILES string of the molecule is CC[C@]1(O)CC[C@H]2C(=CC[C@@H]3[C@@H]2CC[C@]2(C)[C@@H]([C@H](C)CC(CC4(O)CCC(F)(F)CC4)S(=O)(=O)Oc4ccccc4)CC[C@@H]32)C1. The predicted octanol–water partition coefficient (Wildman–Crippen LogP) is 8.45. The number of para-hydroxylation sites is 1. The minimum Gasteiger partial charge on any atom is -0.390 e. The van der Waals surface area contributed by atoms with Crippen LogP contribution in [-0.2, 0) is 10.1 Å². The molecular weight excluding hydrogens is 594 g/mol. The summed E-state index contributed by atoms with van der Waals surface area (Å²) in [4.78, 5) is 0. The van der Waals surface area contributed by atoms with E-state index in [1.54, 1.807) is 30.3 Å². The highest BCUT2D eigenvalue weighted by Crippen LogP contribution is 2.65. The largest absolute Gasteiger partial charge is 0.390 e. The van der Waals surface area contributed by atoms with Crippen LogP contribution in [0.5, 0.6) is 5.75 Å². The van der Waals surface area contributed by atoms with Crippen LogP contribution in [0, 0.1) is 40.9 Å². The second-order valence-electron chi connectivity index (χ2n) is 16.1. The monoisotopic (exact) mass is 648 g/mol. The molecule has 0 radical (unpaired) electrons. The smallest absolute Gasteiger partial charge is 0.312 e. The Morgan fingerprint density at radius 1 is 0.933 bits per heavy atom. The van der Waals surface area contributed by atoms with Crippen molar-refractivity contribution >= 4 is 10.1 Å². The Balaban J connectivity index is 1.20. The summed E-state index contributed by atoms with van der Waals surface area (Å²) >= 11 is 0. The van der Waals surface area contributed by atoms with Crippen LogP contribution in [-0.4, -0.2) is 41.0 Å². The molecule has 6 rings (SSSR count). The van der Waals surface area contributed by atoms with Gasteiger partial charge in [-0.3, -0.25) is 0 Å². The molecule has 2 N–H and O–H groups in total. The number of fused-ring (bicyclic) bond motifs is 5. The van der Waals surface area contributed by atoms with Gasteiger partial charge in [0.15, 0.2) is 0 Å². The van der Waals surface area contributed by atoms with Crippen molar-refractivity contribution in [3.8, 4) is 5.75 Å². The van der Waals surface area contributed by atoms with Crippen LogP contribution < -0.4 is 4.18 Å². The molecule has 5 aliphatic rings. The first-order valence-corrected chi connectivity index (χ1v) is 19.1. The van der Waals surface area contributed by atoms with E-state index in [9.17, 15) is 27.4 Å². The summed E-state index contributed by atoms with van der Waals surface area (Å²) in [6.45, 7) is 6.70. The van der Waals surface area contributed by atoms with Crippen LogP contribution >= 0.6 is 0 Å². The van der Waals surface area contributed by atoms with E-state index in [0.717, 1.165) is 51.4 Å². The molecule has 1 aromatic rings. The van der Waals surface area contributed by atoms with Gasteiger partial charge in [0.1, 0.15) is 11.0 Å². The molecule has 5 nitrogen and oxygen atoms in total. The van der Waals surface area contributed by atoms with Crippen molar-refractivity contribution in [3.05, 3.63) is 42.0 Å². The van der Waals surface area contributed by atoms with Crippen molar-refractivity contribution in [1.82, 2.24) is 0 Å². The minimum absolute atomic E-state index is 0.0771. The summed E-state index contributed by atoms with van der Waals surface area (Å²) in [7, 11) is -4.14. The van der Waals surface area contributed by atoms with Crippen molar-refractivity contribution in [2.24, 2.45) is 40.9 Å². The van der Waals surface area contributed by atoms with Crippen LogP contribution in [0.2, 0.25) is 0 Å². The Labute approximate surface area is 269 Å². The minimum atomic E-state index is -4.14. The molecule has 4 fully saturated rings. The van der Waals surface area contributed by atoms with E-state index in [1.807, 2.05) is 0 Å². The summed E-state index contributed by atoms with van der Waals surface area (Å²) in [5.74, 6) is 0.327. The summed E-state index contributed by atoms with van der Waals surface area (Å²) in [5.41, 5.74) is -0.388. The van der Waals surface area contributed by atoms with Gasteiger partial charge in [-0.15, -0.1) is 0 Å². The summed E-state index contributed by atoms with van der Waals surface area (Å²) in [5, 5.41) is 21.4. The third-order valence-corrected chi connectivity index (χ3v) is 15.1. The Bertz CT molecular complexity index is 1340. The molecule has 4 saturated carbocycles. The molecule has 252 valence electrons. The van der Waals surface area contributed by atoms with Crippen molar-refractivity contribution in [2.75, 3.05) is 0 Å². The van der Waals surface area contributed by atoms with E-state index in [-0.39, 0.29) is 36.3 Å². The maximum Gasteiger partial charge on any atom is 0.312 e. The molecule has 1 aromatic carbocycles. The first kappa shape index (κ1) is 33.4. The maximum atomic E-state index is 14.0. The lowest BCUT2D eigenvalue weighted by molar-refractivity contribution is -0.107. The Kier molecular flexibility index (Phi) is 9.04. The molecule has 0 spiro atoms. The van der Waals surface area contributed by atoms with E-state index in [1.165, 1.54) is 12.0 Å². The summed E-state index contributed by atoms with van der Waals surface area (Å²) < 4.78 is 61.3. The Hall–Kier alpha value is -1.51. The van der Waals surface area contributed by atoms with Gasteiger partial charge in [-0.2, -0.15) is 8.42 Å². The lowest BCUT2D eigenvalue weighted by Gasteiger charge is -2.55. The normalized spacial score (nSPS) is 38.6. The van der Waals surface area contributed by atoms with Crippen LogP contribution in [0.15, 0.2) is 42.0 Å². The summed E-state index contributed by atoms with van der Waals surface area (Å²) in [6, 6.07) is 8.44. The lowest BCUT2D eigenvalue weighted by atomic mass is 9.50. The molecule has 1 unspecified atom stereocenters. The quantitative estimate of drug-likeness (QED) is 0.207. The first-order valence-electron chi connectivity index (χ1n) is 17.7. The number of benzene rings is 1. The molecule has 5 aliphatic carbocycles. The third kappa shape index (κ3) is 6.63. The first-order chi connectivity index (χ1) is 21.2. The molecular formula is C37H54F2O5S. The van der Waals surface area contributed by atoms with Gasteiger partial charge in [0.2, 0.25) is 5.92 Å². The standard InChI is InChI=1S/C37H54F2O5S/c1-4-35(40)17-15-29-26(23-35)10-11-31-30(29)14-16-34(3)32(12-13-33(31)34)25(2)22-28(24-36(41)18-20-37(38,39)21-19-36)45(42,43)44-27-8-6-5-7-9-27/h5-10,25,28-33,40-41H,4,11-24H2,1-3H3/t25-,28?,29+,30-,31-,32-,33+,34-,35+/m1/s1. The van der Waals surface area contributed by atoms with E-state index in [2.05, 4.69) is 26.8 Å². The van der Waals surface area contributed by atoms with Gasteiger partial charge in [0.25, 0.3) is 0 Å².